The van der Waals surface area contributed by atoms with Crippen LogP contribution in [0.3, 0.4) is 0 Å². The van der Waals surface area contributed by atoms with Gasteiger partial charge in [0.25, 0.3) is 0 Å². The van der Waals surface area contributed by atoms with E-state index in [1.807, 2.05) is 61.5 Å². The number of rotatable bonds is 8. The van der Waals surface area contributed by atoms with Gasteiger partial charge in [-0.1, -0.05) is 18.2 Å². The molecule has 1 N–H and O–H groups in total. The first-order chi connectivity index (χ1) is 13.5. The second kappa shape index (κ2) is 10.1. The Morgan fingerprint density at radius 2 is 1.71 bits per heavy atom. The van der Waals surface area contributed by atoms with Crippen molar-refractivity contribution in [2.75, 3.05) is 39.8 Å². The van der Waals surface area contributed by atoms with Gasteiger partial charge in [0, 0.05) is 39.6 Å². The zero-order valence-corrected chi connectivity index (χ0v) is 16.6. The van der Waals surface area contributed by atoms with Crippen LogP contribution in [0.4, 0.5) is 5.69 Å². The summed E-state index contributed by atoms with van der Waals surface area (Å²) in [6, 6.07) is 16.0. The molecule has 0 saturated heterocycles. The lowest BCUT2D eigenvalue weighted by Gasteiger charge is -2.14. The van der Waals surface area contributed by atoms with Crippen LogP contribution in [0.25, 0.3) is 16.3 Å². The molecule has 0 amide bonds. The highest BCUT2D eigenvalue weighted by Gasteiger charge is 2.09. The minimum atomic E-state index is -0.380. The summed E-state index contributed by atoms with van der Waals surface area (Å²) in [5.41, 5.74) is 2.52. The summed E-state index contributed by atoms with van der Waals surface area (Å²) in [7, 11) is 7.12. The molecule has 0 bridgehead atoms. The molecular formula is C22H24N4O2. The molecule has 0 aromatic heterocycles. The van der Waals surface area contributed by atoms with Crippen LogP contribution in [0.5, 0.6) is 0 Å². The average molecular weight is 376 g/mol. The van der Waals surface area contributed by atoms with Crippen molar-refractivity contribution in [2.24, 2.45) is 0 Å². The zero-order valence-electron chi connectivity index (χ0n) is 16.6. The molecule has 0 aliphatic heterocycles. The molecule has 2 aromatic rings. The highest BCUT2D eigenvalue weighted by Crippen LogP contribution is 2.27. The largest absolute Gasteiger partial charge is 0.386 e. The maximum atomic E-state index is 9.36. The maximum Gasteiger partial charge on any atom is 0.173 e. The third-order valence-electron chi connectivity index (χ3n) is 4.32. The Bertz CT molecular complexity index is 945. The number of nitriles is 2. The number of benzene rings is 2. The van der Waals surface area contributed by atoms with Gasteiger partial charge in [-0.25, -0.2) is 0 Å². The summed E-state index contributed by atoms with van der Waals surface area (Å²) in [5.74, 6) is 0. The number of hydrogen-bond acceptors (Lipinski definition) is 6. The van der Waals surface area contributed by atoms with Gasteiger partial charge in [0.1, 0.15) is 17.7 Å². The normalized spacial score (nSPS) is 10.7. The van der Waals surface area contributed by atoms with E-state index in [1.165, 1.54) is 0 Å². The first kappa shape index (κ1) is 21.0. The molecular weight excluding hydrogens is 352 g/mol. The summed E-state index contributed by atoms with van der Waals surface area (Å²) in [5, 5.41) is 23.9. The molecule has 2 rings (SSSR count). The fourth-order valence-corrected chi connectivity index (χ4v) is 2.72. The van der Waals surface area contributed by atoms with Gasteiger partial charge in [0.15, 0.2) is 6.29 Å². The predicted octanol–water partition coefficient (Wildman–Crippen LogP) is 3.43. The lowest BCUT2D eigenvalue weighted by atomic mass is 9.97. The second-order valence-corrected chi connectivity index (χ2v) is 6.30. The van der Waals surface area contributed by atoms with E-state index in [-0.39, 0.29) is 11.9 Å². The lowest BCUT2D eigenvalue weighted by Crippen LogP contribution is -2.26. The minimum absolute atomic E-state index is 0.0531. The van der Waals surface area contributed by atoms with Crippen molar-refractivity contribution in [3.8, 4) is 12.1 Å². The van der Waals surface area contributed by atoms with Crippen LogP contribution >= 0.6 is 0 Å². The third-order valence-corrected chi connectivity index (χ3v) is 4.32. The number of allylic oxidation sites excluding steroid dienone is 3. The van der Waals surface area contributed by atoms with Crippen molar-refractivity contribution in [1.29, 1.82) is 10.5 Å². The molecule has 28 heavy (non-hydrogen) atoms. The molecule has 6 heteroatoms. The van der Waals surface area contributed by atoms with Gasteiger partial charge in [-0.15, -0.1) is 0 Å². The van der Waals surface area contributed by atoms with Crippen LogP contribution in [0.1, 0.15) is 5.56 Å². The molecule has 6 nitrogen and oxygen atoms in total. The monoisotopic (exact) mass is 376 g/mol. The Hall–Kier alpha value is -3.32. The number of ether oxygens (including phenoxy) is 2. The van der Waals surface area contributed by atoms with E-state index in [1.54, 1.807) is 26.5 Å². The fraction of sp³-hybridized carbons (Fsp3) is 0.273. The van der Waals surface area contributed by atoms with Gasteiger partial charge in [0.2, 0.25) is 0 Å². The van der Waals surface area contributed by atoms with Crippen LogP contribution in [-0.2, 0) is 9.47 Å². The molecule has 144 valence electrons. The van der Waals surface area contributed by atoms with E-state index in [9.17, 15) is 10.5 Å². The Labute approximate surface area is 165 Å². The Morgan fingerprint density at radius 1 is 1.07 bits per heavy atom. The van der Waals surface area contributed by atoms with Gasteiger partial charge in [-0.05, 0) is 46.8 Å². The van der Waals surface area contributed by atoms with Crippen molar-refractivity contribution in [3.63, 3.8) is 0 Å². The van der Waals surface area contributed by atoms with E-state index in [0.717, 1.165) is 22.0 Å². The quantitative estimate of drug-likeness (QED) is 0.432. The zero-order chi connectivity index (χ0) is 20.5. The predicted molar refractivity (Wildman–Crippen MR) is 111 cm³/mol. The van der Waals surface area contributed by atoms with Crippen molar-refractivity contribution >= 4 is 22.0 Å². The minimum Gasteiger partial charge on any atom is -0.386 e. The molecule has 0 fully saturated rings. The fourth-order valence-electron chi connectivity index (χ4n) is 2.72. The second-order valence-electron chi connectivity index (χ2n) is 6.30. The number of nitrogens with one attached hydrogen (secondary N) is 1. The molecule has 0 aliphatic carbocycles. The maximum absolute atomic E-state index is 9.36. The van der Waals surface area contributed by atoms with E-state index < -0.39 is 0 Å². The van der Waals surface area contributed by atoms with Crippen molar-refractivity contribution in [3.05, 3.63) is 59.8 Å². The van der Waals surface area contributed by atoms with Gasteiger partial charge < -0.3 is 19.7 Å². The summed E-state index contributed by atoms with van der Waals surface area (Å²) in [6.45, 7) is 0.441. The number of methoxy groups -OCH3 is 2. The summed E-state index contributed by atoms with van der Waals surface area (Å²) in [6.07, 6.45) is 3.03. The van der Waals surface area contributed by atoms with Crippen LogP contribution in [0, 0.1) is 22.7 Å². The topological polar surface area (TPSA) is 81.3 Å². The van der Waals surface area contributed by atoms with Crippen LogP contribution in [0.15, 0.2) is 54.2 Å². The lowest BCUT2D eigenvalue weighted by molar-refractivity contribution is -0.0972. The number of hydrogen-bond donors (Lipinski definition) is 1. The Balaban J connectivity index is 2.37. The highest BCUT2D eigenvalue weighted by atomic mass is 16.7. The Kier molecular flexibility index (Phi) is 7.59. The van der Waals surface area contributed by atoms with Crippen molar-refractivity contribution in [2.45, 2.75) is 6.29 Å². The van der Waals surface area contributed by atoms with Gasteiger partial charge in [-0.2, -0.15) is 10.5 Å². The van der Waals surface area contributed by atoms with E-state index in [0.29, 0.717) is 12.1 Å². The summed E-state index contributed by atoms with van der Waals surface area (Å²) in [4.78, 5) is 2.05. The van der Waals surface area contributed by atoms with E-state index >= 15 is 0 Å². The standard InChI is InChI=1S/C22H24N4O2/c1-26(2)20-8-7-16-11-18(6-5-17(16)12-20)21(19(13-23)14-24)9-10-25-15-22(27-3)28-4/h5-12,22,25H,15H2,1-4H3/b10-9-. The number of anilines is 1. The molecule has 0 radical (unpaired) electrons. The van der Waals surface area contributed by atoms with Gasteiger partial charge in [-0.3, -0.25) is 0 Å². The van der Waals surface area contributed by atoms with Crippen molar-refractivity contribution in [1.82, 2.24) is 5.32 Å². The van der Waals surface area contributed by atoms with Gasteiger partial charge >= 0.3 is 0 Å². The van der Waals surface area contributed by atoms with Crippen LogP contribution in [-0.4, -0.2) is 41.1 Å². The number of fused-ring (bicyclic) bond motifs is 1. The summed E-state index contributed by atoms with van der Waals surface area (Å²) >= 11 is 0. The Morgan fingerprint density at radius 3 is 2.32 bits per heavy atom. The molecule has 0 heterocycles. The van der Waals surface area contributed by atoms with Crippen molar-refractivity contribution < 1.29 is 9.47 Å². The molecule has 0 aliphatic rings. The van der Waals surface area contributed by atoms with E-state index in [4.69, 9.17) is 9.47 Å². The first-order valence-electron chi connectivity index (χ1n) is 8.75. The number of nitrogens with zero attached hydrogens (tertiary/aromatic N) is 3. The first-order valence-corrected chi connectivity index (χ1v) is 8.75. The van der Waals surface area contributed by atoms with E-state index in [2.05, 4.69) is 11.4 Å². The third kappa shape index (κ3) is 5.11. The smallest absolute Gasteiger partial charge is 0.173 e. The summed E-state index contributed by atoms with van der Waals surface area (Å²) < 4.78 is 10.2. The molecule has 2 aromatic carbocycles. The SMILES string of the molecule is COC(CN/C=C\C(=C(C#N)C#N)c1ccc2cc(N(C)C)ccc2c1)OC. The van der Waals surface area contributed by atoms with Crippen LogP contribution < -0.4 is 10.2 Å². The van der Waals surface area contributed by atoms with Gasteiger partial charge in [0.05, 0.1) is 6.54 Å². The molecule has 0 saturated carbocycles. The molecule has 0 atom stereocenters. The molecule has 0 unspecified atom stereocenters. The molecule has 0 spiro atoms. The average Bonchev–Trinajstić information content (AvgIpc) is 2.72. The highest BCUT2D eigenvalue weighted by molar-refractivity contribution is 5.91. The van der Waals surface area contributed by atoms with Crippen LogP contribution in [0.2, 0.25) is 0 Å².